The molecule has 0 bridgehead atoms. The Labute approximate surface area is 125 Å². The van der Waals surface area contributed by atoms with E-state index in [2.05, 4.69) is 44.4 Å². The van der Waals surface area contributed by atoms with Gasteiger partial charge in [0.25, 0.3) is 0 Å². The molecular formula is C18H32N2. The van der Waals surface area contributed by atoms with Crippen LogP contribution in [0.1, 0.15) is 81.0 Å². The highest BCUT2D eigenvalue weighted by Gasteiger charge is 2.13. The molecule has 0 aliphatic carbocycles. The van der Waals surface area contributed by atoms with E-state index in [-0.39, 0.29) is 0 Å². The second-order valence-electron chi connectivity index (χ2n) is 5.93. The minimum atomic E-state index is 0.298. The van der Waals surface area contributed by atoms with Crippen molar-refractivity contribution >= 4 is 0 Å². The molecule has 1 aromatic carbocycles. The summed E-state index contributed by atoms with van der Waals surface area (Å²) in [4.78, 5) is 0. The average molecular weight is 276 g/mol. The fourth-order valence-corrected chi connectivity index (χ4v) is 2.99. The number of aryl methyl sites for hydroxylation is 2. The van der Waals surface area contributed by atoms with Crippen LogP contribution >= 0.6 is 0 Å². The van der Waals surface area contributed by atoms with E-state index in [4.69, 9.17) is 5.84 Å². The predicted molar refractivity (Wildman–Crippen MR) is 88.6 cm³/mol. The molecule has 20 heavy (non-hydrogen) atoms. The van der Waals surface area contributed by atoms with E-state index in [9.17, 15) is 0 Å². The number of hydrogen-bond donors (Lipinski definition) is 2. The number of hydrazine groups is 1. The Kier molecular flexibility index (Phi) is 8.56. The highest BCUT2D eigenvalue weighted by molar-refractivity contribution is 5.36. The summed E-state index contributed by atoms with van der Waals surface area (Å²) in [6, 6.07) is 6.77. The van der Waals surface area contributed by atoms with Crippen LogP contribution in [0.2, 0.25) is 0 Å². The quantitative estimate of drug-likeness (QED) is 0.360. The summed E-state index contributed by atoms with van der Waals surface area (Å²) >= 11 is 0. The second kappa shape index (κ2) is 9.95. The minimum absolute atomic E-state index is 0.298. The summed E-state index contributed by atoms with van der Waals surface area (Å²) < 4.78 is 0. The van der Waals surface area contributed by atoms with Crippen LogP contribution in [-0.2, 0) is 0 Å². The maximum absolute atomic E-state index is 5.77. The smallest absolute Gasteiger partial charge is 0.0465 e. The first kappa shape index (κ1) is 17.2. The molecule has 114 valence electrons. The molecule has 0 aliphatic heterocycles. The Balaban J connectivity index is 2.36. The third-order valence-electron chi connectivity index (χ3n) is 4.19. The molecule has 0 radical (unpaired) electrons. The summed E-state index contributed by atoms with van der Waals surface area (Å²) in [7, 11) is 0. The Morgan fingerprint density at radius 2 is 1.50 bits per heavy atom. The highest BCUT2D eigenvalue weighted by atomic mass is 15.2. The molecule has 1 atom stereocenters. The molecule has 0 saturated carbocycles. The van der Waals surface area contributed by atoms with E-state index < -0.39 is 0 Å². The number of benzene rings is 1. The zero-order chi connectivity index (χ0) is 14.8. The van der Waals surface area contributed by atoms with Gasteiger partial charge in [0.1, 0.15) is 0 Å². The molecule has 1 unspecified atom stereocenters. The van der Waals surface area contributed by atoms with Crippen molar-refractivity contribution in [2.45, 2.75) is 78.2 Å². The SMILES string of the molecule is CCCCCCCCCC(NN)c1c(C)cccc1C. The van der Waals surface area contributed by atoms with Crippen LogP contribution in [-0.4, -0.2) is 0 Å². The summed E-state index contributed by atoms with van der Waals surface area (Å²) in [5.74, 6) is 5.77. The van der Waals surface area contributed by atoms with Crippen molar-refractivity contribution in [1.29, 1.82) is 0 Å². The molecule has 1 rings (SSSR count). The molecular weight excluding hydrogens is 244 g/mol. The van der Waals surface area contributed by atoms with Gasteiger partial charge in [0, 0.05) is 6.04 Å². The topological polar surface area (TPSA) is 38.0 Å². The molecule has 0 saturated heterocycles. The average Bonchev–Trinajstić information content (AvgIpc) is 2.44. The number of nitrogens with one attached hydrogen (secondary N) is 1. The van der Waals surface area contributed by atoms with Gasteiger partial charge in [-0.1, -0.05) is 70.1 Å². The van der Waals surface area contributed by atoms with Crippen molar-refractivity contribution in [1.82, 2.24) is 5.43 Å². The van der Waals surface area contributed by atoms with Gasteiger partial charge in [-0.25, -0.2) is 0 Å². The molecule has 3 N–H and O–H groups in total. The lowest BCUT2D eigenvalue weighted by molar-refractivity contribution is 0.473. The van der Waals surface area contributed by atoms with Gasteiger partial charge in [-0.05, 0) is 37.0 Å². The predicted octanol–water partition coefficient (Wildman–Crippen LogP) is 4.95. The molecule has 0 aromatic heterocycles. The molecule has 1 aromatic rings. The summed E-state index contributed by atoms with van der Waals surface area (Å²) in [5.41, 5.74) is 7.09. The molecule has 0 amide bonds. The Morgan fingerprint density at radius 3 is 2.05 bits per heavy atom. The maximum atomic E-state index is 5.77. The molecule has 0 spiro atoms. The summed E-state index contributed by atoms with van der Waals surface area (Å²) in [5, 5.41) is 0. The maximum Gasteiger partial charge on any atom is 0.0465 e. The van der Waals surface area contributed by atoms with Crippen molar-refractivity contribution < 1.29 is 0 Å². The zero-order valence-corrected chi connectivity index (χ0v) is 13.5. The molecule has 0 fully saturated rings. The standard InChI is InChI=1S/C18H32N2/c1-4-5-6-7-8-9-10-14-17(20-19)18-15(2)12-11-13-16(18)3/h11-13,17,20H,4-10,14,19H2,1-3H3. The van der Waals surface area contributed by atoms with Crippen molar-refractivity contribution in [2.24, 2.45) is 5.84 Å². The number of nitrogens with two attached hydrogens (primary N) is 1. The highest BCUT2D eigenvalue weighted by Crippen LogP contribution is 2.25. The van der Waals surface area contributed by atoms with E-state index in [1.807, 2.05) is 0 Å². The van der Waals surface area contributed by atoms with Gasteiger partial charge in [-0.3, -0.25) is 11.3 Å². The van der Waals surface area contributed by atoms with Crippen LogP contribution < -0.4 is 11.3 Å². The first-order valence-electron chi connectivity index (χ1n) is 8.23. The van der Waals surface area contributed by atoms with Gasteiger partial charge in [0.15, 0.2) is 0 Å². The lowest BCUT2D eigenvalue weighted by Gasteiger charge is -2.20. The fraction of sp³-hybridized carbons (Fsp3) is 0.667. The Morgan fingerprint density at radius 1 is 0.950 bits per heavy atom. The molecule has 0 aliphatic rings. The molecule has 2 heteroatoms. The van der Waals surface area contributed by atoms with E-state index in [1.54, 1.807) is 0 Å². The molecule has 0 heterocycles. The van der Waals surface area contributed by atoms with Crippen molar-refractivity contribution in [3.05, 3.63) is 34.9 Å². The van der Waals surface area contributed by atoms with Crippen LogP contribution in [0.15, 0.2) is 18.2 Å². The van der Waals surface area contributed by atoms with Gasteiger partial charge in [0.05, 0.1) is 0 Å². The van der Waals surface area contributed by atoms with E-state index in [0.717, 1.165) is 6.42 Å². The number of rotatable bonds is 10. The van der Waals surface area contributed by atoms with Crippen molar-refractivity contribution in [2.75, 3.05) is 0 Å². The van der Waals surface area contributed by atoms with Crippen LogP contribution in [0.25, 0.3) is 0 Å². The lowest BCUT2D eigenvalue weighted by atomic mass is 9.93. The largest absolute Gasteiger partial charge is 0.271 e. The summed E-state index contributed by atoms with van der Waals surface area (Å²) in [6.45, 7) is 6.62. The van der Waals surface area contributed by atoms with Crippen LogP contribution in [0.4, 0.5) is 0 Å². The van der Waals surface area contributed by atoms with Gasteiger partial charge >= 0.3 is 0 Å². The van der Waals surface area contributed by atoms with Gasteiger partial charge in [0.2, 0.25) is 0 Å². The number of unbranched alkanes of at least 4 members (excludes halogenated alkanes) is 6. The van der Waals surface area contributed by atoms with Gasteiger partial charge in [-0.15, -0.1) is 0 Å². The minimum Gasteiger partial charge on any atom is -0.271 e. The van der Waals surface area contributed by atoms with E-state index >= 15 is 0 Å². The van der Waals surface area contributed by atoms with E-state index in [0.29, 0.717) is 6.04 Å². The van der Waals surface area contributed by atoms with Gasteiger partial charge < -0.3 is 0 Å². The Bertz CT molecular complexity index is 353. The first-order valence-corrected chi connectivity index (χ1v) is 8.23. The number of hydrogen-bond acceptors (Lipinski definition) is 2. The first-order chi connectivity index (χ1) is 9.70. The monoisotopic (exact) mass is 276 g/mol. The molecule has 2 nitrogen and oxygen atoms in total. The summed E-state index contributed by atoms with van der Waals surface area (Å²) in [6.07, 6.45) is 10.6. The normalized spacial score (nSPS) is 12.6. The van der Waals surface area contributed by atoms with Crippen molar-refractivity contribution in [3.8, 4) is 0 Å². The third kappa shape index (κ3) is 5.64. The zero-order valence-electron chi connectivity index (χ0n) is 13.5. The third-order valence-corrected chi connectivity index (χ3v) is 4.19. The Hall–Kier alpha value is -0.860. The van der Waals surface area contributed by atoms with Crippen LogP contribution in [0.3, 0.4) is 0 Å². The van der Waals surface area contributed by atoms with Crippen molar-refractivity contribution in [3.63, 3.8) is 0 Å². The van der Waals surface area contributed by atoms with E-state index in [1.165, 1.54) is 61.6 Å². The van der Waals surface area contributed by atoms with Crippen LogP contribution in [0.5, 0.6) is 0 Å². The van der Waals surface area contributed by atoms with Gasteiger partial charge in [-0.2, -0.15) is 0 Å². The van der Waals surface area contributed by atoms with Crippen LogP contribution in [0, 0.1) is 13.8 Å². The fourth-order valence-electron chi connectivity index (χ4n) is 2.99. The second-order valence-corrected chi connectivity index (χ2v) is 5.93. The lowest BCUT2D eigenvalue weighted by Crippen LogP contribution is -2.29.